The summed E-state index contributed by atoms with van der Waals surface area (Å²) >= 11 is 0. The monoisotopic (exact) mass is 298 g/mol. The van der Waals surface area contributed by atoms with Gasteiger partial charge >= 0.3 is 5.97 Å². The summed E-state index contributed by atoms with van der Waals surface area (Å²) < 4.78 is 0. The van der Waals surface area contributed by atoms with E-state index in [4.69, 9.17) is 0 Å². The Morgan fingerprint density at radius 1 is 1.29 bits per heavy atom. The van der Waals surface area contributed by atoms with Crippen molar-refractivity contribution in [2.75, 3.05) is 19.6 Å². The molecule has 0 bridgehead atoms. The Hall–Kier alpha value is -1.10. The molecule has 1 rings (SSSR count). The summed E-state index contributed by atoms with van der Waals surface area (Å²) in [5.74, 6) is -0.730. The van der Waals surface area contributed by atoms with Crippen LogP contribution < -0.4 is 10.6 Å². The maximum absolute atomic E-state index is 11.9. The van der Waals surface area contributed by atoms with Crippen molar-refractivity contribution in [3.05, 3.63) is 0 Å². The van der Waals surface area contributed by atoms with Gasteiger partial charge in [0, 0.05) is 13.0 Å². The van der Waals surface area contributed by atoms with Gasteiger partial charge in [0.2, 0.25) is 5.91 Å². The number of hydrogen-bond acceptors (Lipinski definition) is 3. The zero-order valence-electron chi connectivity index (χ0n) is 13.6. The number of aliphatic carboxylic acids is 1. The molecule has 1 unspecified atom stereocenters. The predicted octanol–water partition coefficient (Wildman–Crippen LogP) is 2.02. The SMILES string of the molecule is CC(C)(C)CC(CNC(=O)CCC1CCNCC1)C(=O)O. The molecule has 0 aliphatic carbocycles. The first kappa shape index (κ1) is 18.0. The van der Waals surface area contributed by atoms with E-state index in [1.807, 2.05) is 20.8 Å². The average molecular weight is 298 g/mol. The van der Waals surface area contributed by atoms with Crippen molar-refractivity contribution in [1.29, 1.82) is 0 Å². The molecule has 5 heteroatoms. The molecule has 1 saturated heterocycles. The maximum Gasteiger partial charge on any atom is 0.308 e. The molecule has 0 aromatic rings. The molecule has 1 atom stereocenters. The quantitative estimate of drug-likeness (QED) is 0.672. The molecule has 1 aliphatic rings. The number of carbonyl (C=O) groups is 2. The lowest BCUT2D eigenvalue weighted by Crippen LogP contribution is -2.35. The van der Waals surface area contributed by atoms with Crippen LogP contribution in [0.1, 0.15) is 52.9 Å². The summed E-state index contributed by atoms with van der Waals surface area (Å²) in [5.41, 5.74) is -0.0527. The third kappa shape index (κ3) is 8.05. The second-order valence-electron chi connectivity index (χ2n) is 7.34. The van der Waals surface area contributed by atoms with Gasteiger partial charge in [0.05, 0.1) is 5.92 Å². The third-order valence-electron chi connectivity index (χ3n) is 3.99. The highest BCUT2D eigenvalue weighted by Gasteiger charge is 2.25. The van der Waals surface area contributed by atoms with E-state index in [-0.39, 0.29) is 17.9 Å². The number of hydrogen-bond donors (Lipinski definition) is 3. The zero-order valence-corrected chi connectivity index (χ0v) is 13.6. The smallest absolute Gasteiger partial charge is 0.308 e. The molecule has 0 saturated carbocycles. The topological polar surface area (TPSA) is 78.4 Å². The van der Waals surface area contributed by atoms with Gasteiger partial charge in [-0.1, -0.05) is 20.8 Å². The minimum Gasteiger partial charge on any atom is -0.481 e. The first-order chi connectivity index (χ1) is 9.78. The summed E-state index contributed by atoms with van der Waals surface area (Å²) in [6.07, 6.45) is 4.25. The Kier molecular flexibility index (Phi) is 7.15. The van der Waals surface area contributed by atoms with Crippen LogP contribution in [0.15, 0.2) is 0 Å². The van der Waals surface area contributed by atoms with E-state index in [2.05, 4.69) is 10.6 Å². The van der Waals surface area contributed by atoms with E-state index in [1.165, 1.54) is 0 Å². The van der Waals surface area contributed by atoms with Gasteiger partial charge in [-0.2, -0.15) is 0 Å². The molecule has 0 spiro atoms. The molecule has 1 heterocycles. The average Bonchev–Trinajstić information content (AvgIpc) is 2.41. The third-order valence-corrected chi connectivity index (χ3v) is 3.99. The van der Waals surface area contributed by atoms with Crippen LogP contribution >= 0.6 is 0 Å². The number of piperidine rings is 1. The van der Waals surface area contributed by atoms with Gasteiger partial charge < -0.3 is 15.7 Å². The van der Waals surface area contributed by atoms with Crippen molar-refractivity contribution >= 4 is 11.9 Å². The van der Waals surface area contributed by atoms with Crippen molar-refractivity contribution in [3.8, 4) is 0 Å². The largest absolute Gasteiger partial charge is 0.481 e. The fourth-order valence-electron chi connectivity index (χ4n) is 2.82. The predicted molar refractivity (Wildman–Crippen MR) is 83.0 cm³/mol. The highest BCUT2D eigenvalue weighted by atomic mass is 16.4. The lowest BCUT2D eigenvalue weighted by molar-refractivity contribution is -0.142. The van der Waals surface area contributed by atoms with E-state index in [9.17, 15) is 14.7 Å². The molecule has 3 N–H and O–H groups in total. The second kappa shape index (κ2) is 8.37. The molecule has 1 amide bonds. The Balaban J connectivity index is 2.27. The van der Waals surface area contributed by atoms with E-state index in [0.717, 1.165) is 32.4 Å². The van der Waals surface area contributed by atoms with Gasteiger partial charge in [-0.05, 0) is 50.1 Å². The number of nitrogens with one attached hydrogen (secondary N) is 2. The summed E-state index contributed by atoms with van der Waals surface area (Å²) in [5, 5.41) is 15.3. The van der Waals surface area contributed by atoms with Crippen LogP contribution in [0.3, 0.4) is 0 Å². The first-order valence-electron chi connectivity index (χ1n) is 7.98. The van der Waals surface area contributed by atoms with Gasteiger partial charge in [-0.25, -0.2) is 0 Å². The van der Waals surface area contributed by atoms with Crippen LogP contribution in [0.5, 0.6) is 0 Å². The van der Waals surface area contributed by atoms with E-state index < -0.39 is 11.9 Å². The Labute approximate surface area is 127 Å². The van der Waals surface area contributed by atoms with Crippen LogP contribution in [-0.4, -0.2) is 36.6 Å². The van der Waals surface area contributed by atoms with Crippen molar-refractivity contribution in [3.63, 3.8) is 0 Å². The molecule has 0 aromatic carbocycles. The van der Waals surface area contributed by atoms with Gasteiger partial charge in [0.1, 0.15) is 0 Å². The van der Waals surface area contributed by atoms with Gasteiger partial charge in [0.15, 0.2) is 0 Å². The molecule has 122 valence electrons. The second-order valence-corrected chi connectivity index (χ2v) is 7.34. The maximum atomic E-state index is 11.9. The molecule has 1 aliphatic heterocycles. The van der Waals surface area contributed by atoms with Crippen molar-refractivity contribution in [1.82, 2.24) is 10.6 Å². The summed E-state index contributed by atoms with van der Waals surface area (Å²) in [7, 11) is 0. The van der Waals surface area contributed by atoms with Gasteiger partial charge in [-0.3, -0.25) is 9.59 Å². The van der Waals surface area contributed by atoms with Crippen LogP contribution in [0.25, 0.3) is 0 Å². The molecule has 0 aromatic heterocycles. The number of carboxylic acid groups (broad SMARTS) is 1. The minimum absolute atomic E-state index is 0.0197. The molecule has 21 heavy (non-hydrogen) atoms. The normalized spacial score (nSPS) is 18.2. The summed E-state index contributed by atoms with van der Waals surface area (Å²) in [4.78, 5) is 23.1. The summed E-state index contributed by atoms with van der Waals surface area (Å²) in [6, 6.07) is 0. The molecule has 0 radical (unpaired) electrons. The highest BCUT2D eigenvalue weighted by Crippen LogP contribution is 2.24. The lowest BCUT2D eigenvalue weighted by Gasteiger charge is -2.24. The zero-order chi connectivity index (χ0) is 15.9. The molecular formula is C16H30N2O3. The lowest BCUT2D eigenvalue weighted by atomic mass is 9.84. The molecular weight excluding hydrogens is 268 g/mol. The van der Waals surface area contributed by atoms with Crippen molar-refractivity contribution < 1.29 is 14.7 Å². The number of amides is 1. The number of rotatable bonds is 7. The van der Waals surface area contributed by atoms with E-state index >= 15 is 0 Å². The number of carboxylic acids is 1. The van der Waals surface area contributed by atoms with Gasteiger partial charge in [-0.15, -0.1) is 0 Å². The Morgan fingerprint density at radius 2 is 1.90 bits per heavy atom. The van der Waals surface area contributed by atoms with E-state index in [1.54, 1.807) is 0 Å². The van der Waals surface area contributed by atoms with Crippen molar-refractivity contribution in [2.45, 2.75) is 52.9 Å². The fourth-order valence-corrected chi connectivity index (χ4v) is 2.82. The molecule has 5 nitrogen and oxygen atoms in total. The Bertz CT molecular complexity index is 344. The fraction of sp³-hybridized carbons (Fsp3) is 0.875. The first-order valence-corrected chi connectivity index (χ1v) is 7.98. The van der Waals surface area contributed by atoms with E-state index in [0.29, 0.717) is 18.8 Å². The standard InChI is InChI=1S/C16H30N2O3/c1-16(2,3)10-13(15(20)21)11-18-14(19)5-4-12-6-8-17-9-7-12/h12-13,17H,4-11H2,1-3H3,(H,18,19)(H,20,21). The number of carbonyl (C=O) groups excluding carboxylic acids is 1. The van der Waals surface area contributed by atoms with Crippen LogP contribution in [0, 0.1) is 17.3 Å². The van der Waals surface area contributed by atoms with Crippen LogP contribution in [0.2, 0.25) is 0 Å². The van der Waals surface area contributed by atoms with Gasteiger partial charge in [0.25, 0.3) is 0 Å². The van der Waals surface area contributed by atoms with Crippen molar-refractivity contribution in [2.24, 2.45) is 17.3 Å². The Morgan fingerprint density at radius 3 is 2.43 bits per heavy atom. The highest BCUT2D eigenvalue weighted by molar-refractivity contribution is 5.77. The molecule has 1 fully saturated rings. The van der Waals surface area contributed by atoms with Crippen LogP contribution in [0.4, 0.5) is 0 Å². The minimum atomic E-state index is -0.830. The van der Waals surface area contributed by atoms with Crippen LogP contribution in [-0.2, 0) is 9.59 Å². The summed E-state index contributed by atoms with van der Waals surface area (Å²) in [6.45, 7) is 8.36.